The number of aromatic hydroxyl groups is 1. The Kier molecular flexibility index (Phi) is 11.4. The first kappa shape index (κ1) is 31.6. The van der Waals surface area contributed by atoms with Gasteiger partial charge in [0.25, 0.3) is 0 Å². The highest BCUT2D eigenvalue weighted by Crippen LogP contribution is 2.37. The molecular weight excluding hydrogens is 764 g/mol. The minimum atomic E-state index is -1.12. The van der Waals surface area contributed by atoms with Crippen molar-refractivity contribution >= 4 is 81.1 Å². The number of ketones is 1. The van der Waals surface area contributed by atoms with Gasteiger partial charge in [-0.05, 0) is 131 Å². The lowest BCUT2D eigenvalue weighted by Crippen LogP contribution is -2.37. The number of carbonyl (C=O) groups excluding carboxylic acids is 2. The standard InChI is InChI=1S/C28H28Br4N2O5/c1-4-14(2)39-18-7-5-16(6-8-18)24(33)25(35)19(9-15-10-22(31)27(38-3)23(32)11-15)28(37)34-17-12-20(29)26(36)21(30)13-17/h5-8,10-14,19,24,36H,4,9,33H2,1-3H3,(H,34,37). The maximum absolute atomic E-state index is 13.7. The molecule has 208 valence electrons. The van der Waals surface area contributed by atoms with E-state index >= 15 is 0 Å². The minimum absolute atomic E-state index is 0.00339. The van der Waals surface area contributed by atoms with E-state index in [1.54, 1.807) is 55.6 Å². The molecule has 4 N–H and O–H groups in total. The Morgan fingerprint density at radius 2 is 1.54 bits per heavy atom. The Morgan fingerprint density at radius 1 is 0.974 bits per heavy atom. The summed E-state index contributed by atoms with van der Waals surface area (Å²) in [5.41, 5.74) is 8.11. The van der Waals surface area contributed by atoms with E-state index in [0.29, 0.717) is 40.6 Å². The minimum Gasteiger partial charge on any atom is -0.506 e. The van der Waals surface area contributed by atoms with Crippen molar-refractivity contribution in [2.24, 2.45) is 11.7 Å². The normalized spacial score (nSPS) is 13.3. The molecule has 0 saturated carbocycles. The molecule has 0 spiro atoms. The van der Waals surface area contributed by atoms with Gasteiger partial charge in [0.15, 0.2) is 5.78 Å². The van der Waals surface area contributed by atoms with Gasteiger partial charge in [0.2, 0.25) is 5.91 Å². The predicted octanol–water partition coefficient (Wildman–Crippen LogP) is 7.69. The Hall–Kier alpha value is -1.92. The number of anilines is 1. The second-order valence-corrected chi connectivity index (χ2v) is 12.3. The van der Waals surface area contributed by atoms with E-state index < -0.39 is 23.7 Å². The molecule has 0 fully saturated rings. The molecule has 39 heavy (non-hydrogen) atoms. The van der Waals surface area contributed by atoms with Crippen molar-refractivity contribution in [2.75, 3.05) is 12.4 Å². The number of carbonyl (C=O) groups is 2. The second-order valence-electron chi connectivity index (χ2n) is 8.91. The number of phenols is 1. The number of nitrogens with one attached hydrogen (secondary N) is 1. The van der Waals surface area contributed by atoms with Gasteiger partial charge in [-0.3, -0.25) is 9.59 Å². The van der Waals surface area contributed by atoms with Crippen LogP contribution in [0.1, 0.15) is 37.4 Å². The predicted molar refractivity (Wildman–Crippen MR) is 166 cm³/mol. The number of phenolic OH excluding ortho intramolecular Hbond substituents is 1. The highest BCUT2D eigenvalue weighted by molar-refractivity contribution is 9.11. The molecule has 3 unspecified atom stereocenters. The molecule has 0 saturated heterocycles. The average Bonchev–Trinajstić information content (AvgIpc) is 2.89. The van der Waals surface area contributed by atoms with Crippen molar-refractivity contribution in [1.29, 1.82) is 0 Å². The molecule has 7 nitrogen and oxygen atoms in total. The zero-order valence-electron chi connectivity index (χ0n) is 21.4. The quantitative estimate of drug-likeness (QED) is 0.136. The largest absolute Gasteiger partial charge is 0.506 e. The molecule has 0 aromatic heterocycles. The van der Waals surface area contributed by atoms with Crippen LogP contribution in [0, 0.1) is 5.92 Å². The van der Waals surface area contributed by atoms with Gasteiger partial charge in [-0.25, -0.2) is 0 Å². The molecule has 1 amide bonds. The molecule has 0 heterocycles. The van der Waals surface area contributed by atoms with Gasteiger partial charge in [-0.2, -0.15) is 0 Å². The van der Waals surface area contributed by atoms with E-state index in [2.05, 4.69) is 69.0 Å². The summed E-state index contributed by atoms with van der Waals surface area (Å²) in [5, 5.41) is 12.8. The molecule has 0 aliphatic carbocycles. The van der Waals surface area contributed by atoms with Gasteiger partial charge in [0, 0.05) is 5.69 Å². The van der Waals surface area contributed by atoms with Gasteiger partial charge in [0.1, 0.15) is 23.2 Å². The fourth-order valence-corrected chi connectivity index (χ4v) is 6.59. The lowest BCUT2D eigenvalue weighted by Gasteiger charge is -2.21. The topological polar surface area (TPSA) is 111 Å². The van der Waals surface area contributed by atoms with Crippen molar-refractivity contribution in [2.45, 2.75) is 38.8 Å². The molecule has 3 atom stereocenters. The SMILES string of the molecule is CCC(C)Oc1ccc(C(N)C(=O)C(Cc2cc(Br)c(OC)c(Br)c2)C(=O)Nc2cc(Br)c(O)c(Br)c2)cc1. The summed E-state index contributed by atoms with van der Waals surface area (Å²) in [6.07, 6.45) is 1.01. The molecule has 0 aliphatic rings. The van der Waals surface area contributed by atoms with Crippen LogP contribution < -0.4 is 20.5 Å². The third kappa shape index (κ3) is 8.07. The van der Waals surface area contributed by atoms with Gasteiger partial charge >= 0.3 is 0 Å². The number of rotatable bonds is 11. The highest BCUT2D eigenvalue weighted by Gasteiger charge is 2.32. The molecule has 3 aromatic rings. The highest BCUT2D eigenvalue weighted by atomic mass is 79.9. The van der Waals surface area contributed by atoms with Crippen LogP contribution in [-0.4, -0.2) is 30.0 Å². The number of hydrogen-bond acceptors (Lipinski definition) is 6. The number of nitrogens with two attached hydrogens (primary N) is 1. The second kappa shape index (κ2) is 14.1. The Labute approximate surface area is 261 Å². The smallest absolute Gasteiger partial charge is 0.235 e. The van der Waals surface area contributed by atoms with Gasteiger partial charge < -0.3 is 25.6 Å². The van der Waals surface area contributed by atoms with Crippen molar-refractivity contribution in [3.05, 3.63) is 77.5 Å². The van der Waals surface area contributed by atoms with Crippen LogP contribution in [0.5, 0.6) is 17.2 Å². The Bertz CT molecular complexity index is 1300. The Balaban J connectivity index is 1.92. The molecule has 0 bridgehead atoms. The average molecular weight is 792 g/mol. The lowest BCUT2D eigenvalue weighted by molar-refractivity contribution is -0.132. The maximum Gasteiger partial charge on any atom is 0.235 e. The monoisotopic (exact) mass is 788 g/mol. The van der Waals surface area contributed by atoms with Crippen LogP contribution in [0.3, 0.4) is 0 Å². The summed E-state index contributed by atoms with van der Waals surface area (Å²) in [4.78, 5) is 27.3. The van der Waals surface area contributed by atoms with Crippen LogP contribution in [0.2, 0.25) is 0 Å². The lowest BCUT2D eigenvalue weighted by atomic mass is 9.88. The third-order valence-corrected chi connectivity index (χ3v) is 8.49. The third-order valence-electron chi connectivity index (χ3n) is 6.10. The van der Waals surface area contributed by atoms with E-state index in [4.69, 9.17) is 15.2 Å². The molecule has 0 radical (unpaired) electrons. The van der Waals surface area contributed by atoms with E-state index in [0.717, 1.165) is 12.0 Å². The summed E-state index contributed by atoms with van der Waals surface area (Å²) < 4.78 is 13.3. The van der Waals surface area contributed by atoms with Crippen LogP contribution in [0.25, 0.3) is 0 Å². The Morgan fingerprint density at radius 3 is 2.05 bits per heavy atom. The number of halogens is 4. The van der Waals surface area contributed by atoms with Crippen molar-refractivity contribution < 1.29 is 24.2 Å². The number of benzene rings is 3. The maximum atomic E-state index is 13.7. The molecule has 3 rings (SSSR count). The summed E-state index contributed by atoms with van der Waals surface area (Å²) in [5.74, 6) is -0.812. The van der Waals surface area contributed by atoms with Crippen LogP contribution >= 0.6 is 63.7 Å². The molecular formula is C28H28Br4N2O5. The molecule has 0 aliphatic heterocycles. The number of ether oxygens (including phenoxy) is 2. The van der Waals surface area contributed by atoms with E-state index in [9.17, 15) is 14.7 Å². The van der Waals surface area contributed by atoms with E-state index in [1.165, 1.54) is 0 Å². The van der Waals surface area contributed by atoms with Gasteiger partial charge in [-0.1, -0.05) is 19.1 Å². The first-order valence-corrected chi connectivity index (χ1v) is 15.2. The molecule has 3 aromatic carbocycles. The summed E-state index contributed by atoms with van der Waals surface area (Å²) in [6, 6.07) is 12.7. The van der Waals surface area contributed by atoms with E-state index in [-0.39, 0.29) is 18.3 Å². The van der Waals surface area contributed by atoms with Crippen molar-refractivity contribution in [3.63, 3.8) is 0 Å². The van der Waals surface area contributed by atoms with E-state index in [1.807, 2.05) is 13.8 Å². The fraction of sp³-hybridized carbons (Fsp3) is 0.286. The summed E-state index contributed by atoms with van der Waals surface area (Å²) in [6.45, 7) is 4.02. The number of methoxy groups -OCH3 is 1. The first-order valence-electron chi connectivity index (χ1n) is 12.0. The summed E-state index contributed by atoms with van der Waals surface area (Å²) in [7, 11) is 1.55. The number of Topliss-reactive ketones (excluding diaryl/α,β-unsaturated/α-hetero) is 1. The van der Waals surface area contributed by atoms with Gasteiger partial charge in [0.05, 0.1) is 37.1 Å². The van der Waals surface area contributed by atoms with Gasteiger partial charge in [-0.15, -0.1) is 0 Å². The first-order chi connectivity index (χ1) is 18.4. The number of amides is 1. The fourth-order valence-electron chi connectivity index (χ4n) is 3.80. The van der Waals surface area contributed by atoms with Crippen molar-refractivity contribution in [1.82, 2.24) is 0 Å². The zero-order valence-corrected chi connectivity index (χ0v) is 27.8. The van der Waals surface area contributed by atoms with Crippen LogP contribution in [-0.2, 0) is 16.0 Å². The zero-order chi connectivity index (χ0) is 28.9. The van der Waals surface area contributed by atoms with Crippen LogP contribution in [0.4, 0.5) is 5.69 Å². The van der Waals surface area contributed by atoms with Crippen molar-refractivity contribution in [3.8, 4) is 17.2 Å². The summed E-state index contributed by atoms with van der Waals surface area (Å²) >= 11 is 13.5. The molecule has 11 heteroatoms. The van der Waals surface area contributed by atoms with Crippen LogP contribution in [0.15, 0.2) is 66.4 Å². The number of hydrogen-bond donors (Lipinski definition) is 3.